The lowest BCUT2D eigenvalue weighted by molar-refractivity contribution is -0.124. The summed E-state index contributed by atoms with van der Waals surface area (Å²) in [5, 5.41) is 3.39. The molecule has 1 aliphatic carbocycles. The van der Waals surface area contributed by atoms with E-state index in [0.717, 1.165) is 18.6 Å². The first-order chi connectivity index (χ1) is 9.51. The largest absolute Gasteiger partial charge is 0.368 e. The third-order valence-corrected chi connectivity index (χ3v) is 5.08. The highest BCUT2D eigenvalue weighted by atomic mass is 32.2. The number of nitrogens with two attached hydrogens (primary N) is 1. The number of rotatable bonds is 8. The molecule has 1 aromatic rings. The predicted molar refractivity (Wildman–Crippen MR) is 84.9 cm³/mol. The number of hydrogen-bond donors (Lipinski definition) is 2. The molecule has 110 valence electrons. The minimum absolute atomic E-state index is 0.231. The number of primary amides is 1. The molecule has 1 fully saturated rings. The van der Waals surface area contributed by atoms with Crippen LogP contribution in [0.3, 0.4) is 0 Å². The Morgan fingerprint density at radius 1 is 1.45 bits per heavy atom. The van der Waals surface area contributed by atoms with E-state index in [1.807, 2.05) is 18.7 Å². The van der Waals surface area contributed by atoms with Crippen LogP contribution in [0.5, 0.6) is 0 Å². The second-order valence-corrected chi connectivity index (χ2v) is 6.97. The van der Waals surface area contributed by atoms with Crippen molar-refractivity contribution in [3.05, 3.63) is 29.8 Å². The van der Waals surface area contributed by atoms with Gasteiger partial charge in [0.2, 0.25) is 5.91 Å². The van der Waals surface area contributed by atoms with Crippen molar-refractivity contribution in [1.29, 1.82) is 0 Å². The molecule has 20 heavy (non-hydrogen) atoms. The number of thioether (sulfide) groups is 1. The van der Waals surface area contributed by atoms with Gasteiger partial charge in [0.25, 0.3) is 0 Å². The van der Waals surface area contributed by atoms with Crippen LogP contribution in [0, 0.1) is 6.92 Å². The Balaban J connectivity index is 1.78. The highest BCUT2D eigenvalue weighted by molar-refractivity contribution is 7.99. The van der Waals surface area contributed by atoms with E-state index in [2.05, 4.69) is 36.5 Å². The van der Waals surface area contributed by atoms with Gasteiger partial charge in [0.1, 0.15) is 0 Å². The lowest BCUT2D eigenvalue weighted by Gasteiger charge is -2.27. The van der Waals surface area contributed by atoms with Gasteiger partial charge in [-0.2, -0.15) is 0 Å². The number of nitrogens with one attached hydrogen (secondary N) is 1. The van der Waals surface area contributed by atoms with Crippen LogP contribution in [0.2, 0.25) is 0 Å². The van der Waals surface area contributed by atoms with Gasteiger partial charge in [-0.25, -0.2) is 0 Å². The molecule has 0 heterocycles. The summed E-state index contributed by atoms with van der Waals surface area (Å²) in [4.78, 5) is 13.0. The van der Waals surface area contributed by atoms with Gasteiger partial charge in [-0.1, -0.05) is 18.2 Å². The van der Waals surface area contributed by atoms with Crippen molar-refractivity contribution in [3.63, 3.8) is 0 Å². The van der Waals surface area contributed by atoms with Crippen LogP contribution >= 0.6 is 11.8 Å². The number of benzene rings is 1. The summed E-state index contributed by atoms with van der Waals surface area (Å²) in [5.41, 5.74) is 6.32. The molecule has 0 radical (unpaired) electrons. The number of carbonyl (C=O) groups excluding carboxylic acids is 1. The van der Waals surface area contributed by atoms with E-state index in [1.165, 1.54) is 23.3 Å². The SMILES string of the molecule is Cc1ccccc1SCCCC(C)(NC1CC1)C(N)=O. The second-order valence-electron chi connectivity index (χ2n) is 5.83. The van der Waals surface area contributed by atoms with Gasteiger partial charge in [-0.15, -0.1) is 11.8 Å². The molecule has 0 aliphatic heterocycles. The maximum Gasteiger partial charge on any atom is 0.237 e. The van der Waals surface area contributed by atoms with Crippen molar-refractivity contribution in [3.8, 4) is 0 Å². The molecule has 1 aromatic carbocycles. The molecular formula is C16H24N2OS. The van der Waals surface area contributed by atoms with E-state index in [0.29, 0.717) is 6.04 Å². The van der Waals surface area contributed by atoms with Crippen molar-refractivity contribution in [2.24, 2.45) is 5.73 Å². The summed E-state index contributed by atoms with van der Waals surface area (Å²) in [6, 6.07) is 8.90. The number of carbonyl (C=O) groups is 1. The molecular weight excluding hydrogens is 268 g/mol. The molecule has 0 spiro atoms. The molecule has 0 saturated heterocycles. The summed E-state index contributed by atoms with van der Waals surface area (Å²) in [6.45, 7) is 4.07. The highest BCUT2D eigenvalue weighted by Gasteiger charge is 2.36. The van der Waals surface area contributed by atoms with Gasteiger partial charge in [-0.3, -0.25) is 4.79 Å². The lowest BCUT2D eigenvalue weighted by atomic mass is 9.95. The first kappa shape index (κ1) is 15.4. The predicted octanol–water partition coefficient (Wildman–Crippen LogP) is 2.86. The third kappa shape index (κ3) is 4.25. The van der Waals surface area contributed by atoms with Crippen molar-refractivity contribution < 1.29 is 4.79 Å². The average Bonchev–Trinajstić information content (AvgIpc) is 3.20. The standard InChI is InChI=1S/C16H24N2OS/c1-12-6-3-4-7-14(12)20-11-5-10-16(2,15(17)19)18-13-8-9-13/h3-4,6-7,13,18H,5,8-11H2,1-2H3,(H2,17,19). The minimum Gasteiger partial charge on any atom is -0.368 e. The molecule has 4 heteroatoms. The van der Waals surface area contributed by atoms with Crippen LogP contribution in [0.15, 0.2) is 29.2 Å². The zero-order valence-electron chi connectivity index (χ0n) is 12.3. The van der Waals surface area contributed by atoms with Crippen molar-refractivity contribution in [2.75, 3.05) is 5.75 Å². The van der Waals surface area contributed by atoms with Crippen LogP contribution in [-0.4, -0.2) is 23.2 Å². The van der Waals surface area contributed by atoms with E-state index in [4.69, 9.17) is 5.73 Å². The Hall–Kier alpha value is -1.00. The van der Waals surface area contributed by atoms with Gasteiger partial charge in [0, 0.05) is 10.9 Å². The zero-order valence-corrected chi connectivity index (χ0v) is 13.1. The van der Waals surface area contributed by atoms with Gasteiger partial charge in [-0.05, 0) is 56.9 Å². The van der Waals surface area contributed by atoms with Crippen LogP contribution in [0.25, 0.3) is 0 Å². The fourth-order valence-corrected chi connectivity index (χ4v) is 3.25. The molecule has 2 rings (SSSR count). The summed E-state index contributed by atoms with van der Waals surface area (Å²) >= 11 is 1.85. The van der Waals surface area contributed by atoms with Gasteiger partial charge < -0.3 is 11.1 Å². The quantitative estimate of drug-likeness (QED) is 0.572. The van der Waals surface area contributed by atoms with Crippen LogP contribution in [0.1, 0.15) is 38.2 Å². The molecule has 1 aliphatic rings. The fraction of sp³-hybridized carbons (Fsp3) is 0.562. The van der Waals surface area contributed by atoms with E-state index in [9.17, 15) is 4.79 Å². The molecule has 1 amide bonds. The summed E-state index contributed by atoms with van der Waals surface area (Å²) in [6.07, 6.45) is 4.12. The topological polar surface area (TPSA) is 55.1 Å². The van der Waals surface area contributed by atoms with E-state index < -0.39 is 5.54 Å². The van der Waals surface area contributed by atoms with Gasteiger partial charge in [0.05, 0.1) is 5.54 Å². The Morgan fingerprint density at radius 2 is 2.15 bits per heavy atom. The summed E-state index contributed by atoms with van der Waals surface area (Å²) in [5.74, 6) is 0.783. The number of amides is 1. The average molecular weight is 292 g/mol. The molecule has 0 aromatic heterocycles. The smallest absolute Gasteiger partial charge is 0.237 e. The number of aryl methyl sites for hydroxylation is 1. The first-order valence-corrected chi connectivity index (χ1v) is 8.26. The Bertz CT molecular complexity index is 473. The fourth-order valence-electron chi connectivity index (χ4n) is 2.27. The molecule has 1 unspecified atom stereocenters. The molecule has 3 N–H and O–H groups in total. The Kier molecular flexibility index (Phi) is 5.11. The van der Waals surface area contributed by atoms with E-state index >= 15 is 0 Å². The first-order valence-electron chi connectivity index (χ1n) is 7.27. The summed E-state index contributed by atoms with van der Waals surface area (Å²) in [7, 11) is 0. The van der Waals surface area contributed by atoms with E-state index in [1.54, 1.807) is 0 Å². The molecule has 0 bridgehead atoms. The third-order valence-electron chi connectivity index (χ3n) is 3.82. The molecule has 1 atom stereocenters. The maximum absolute atomic E-state index is 11.7. The van der Waals surface area contributed by atoms with Crippen LogP contribution in [0.4, 0.5) is 0 Å². The normalized spacial score (nSPS) is 17.7. The van der Waals surface area contributed by atoms with E-state index in [-0.39, 0.29) is 5.91 Å². The maximum atomic E-state index is 11.7. The van der Waals surface area contributed by atoms with Crippen molar-refractivity contribution in [2.45, 2.75) is 56.0 Å². The van der Waals surface area contributed by atoms with Crippen molar-refractivity contribution in [1.82, 2.24) is 5.32 Å². The second kappa shape index (κ2) is 6.64. The monoisotopic (exact) mass is 292 g/mol. The summed E-state index contributed by atoms with van der Waals surface area (Å²) < 4.78 is 0. The zero-order chi connectivity index (χ0) is 14.6. The molecule has 3 nitrogen and oxygen atoms in total. The lowest BCUT2D eigenvalue weighted by Crippen LogP contribution is -2.54. The van der Waals surface area contributed by atoms with Crippen LogP contribution in [-0.2, 0) is 4.79 Å². The Labute approximate surface area is 125 Å². The minimum atomic E-state index is -0.548. The highest BCUT2D eigenvalue weighted by Crippen LogP contribution is 2.27. The van der Waals surface area contributed by atoms with Gasteiger partial charge in [0.15, 0.2) is 0 Å². The van der Waals surface area contributed by atoms with Crippen LogP contribution < -0.4 is 11.1 Å². The molecule has 1 saturated carbocycles. The number of hydrogen-bond acceptors (Lipinski definition) is 3. The van der Waals surface area contributed by atoms with Crippen molar-refractivity contribution >= 4 is 17.7 Å². The Morgan fingerprint density at radius 3 is 2.75 bits per heavy atom. The van der Waals surface area contributed by atoms with Gasteiger partial charge >= 0.3 is 0 Å².